The zero-order chi connectivity index (χ0) is 18.8. The van der Waals surface area contributed by atoms with E-state index in [9.17, 15) is 0 Å². The number of halogens is 2. The summed E-state index contributed by atoms with van der Waals surface area (Å²) in [6.07, 6.45) is 2.61. The number of hydrogen-bond donors (Lipinski definition) is 0. The normalized spacial score (nSPS) is 18.1. The lowest BCUT2D eigenvalue weighted by Gasteiger charge is -2.31. The standard InChI is InChI=1S/C22H23Cl2NOS/c1-15-3-2-10-25(12-15)13-20-19-11-17(24)6-9-21(19)27-22(20)14-26-18-7-4-16(23)5-8-18/h4-9,11,15H,2-3,10,12-14H2,1H3. The lowest BCUT2D eigenvalue weighted by Crippen LogP contribution is -2.33. The van der Waals surface area contributed by atoms with Crippen molar-refractivity contribution >= 4 is 44.6 Å². The van der Waals surface area contributed by atoms with Crippen LogP contribution in [0.1, 0.15) is 30.2 Å². The Labute approximate surface area is 174 Å². The van der Waals surface area contributed by atoms with E-state index in [1.165, 1.54) is 39.9 Å². The van der Waals surface area contributed by atoms with Gasteiger partial charge in [0.2, 0.25) is 0 Å². The molecule has 0 bridgehead atoms. The van der Waals surface area contributed by atoms with Crippen LogP contribution in [0.2, 0.25) is 10.0 Å². The maximum atomic E-state index is 6.30. The predicted octanol–water partition coefficient (Wildman–Crippen LogP) is 7.02. The first-order valence-electron chi connectivity index (χ1n) is 9.39. The fourth-order valence-corrected chi connectivity index (χ4v) is 5.20. The van der Waals surface area contributed by atoms with Crippen molar-refractivity contribution < 1.29 is 4.74 Å². The van der Waals surface area contributed by atoms with E-state index >= 15 is 0 Å². The Morgan fingerprint density at radius 1 is 1.11 bits per heavy atom. The molecule has 1 fully saturated rings. The molecular formula is C22H23Cl2NOS. The van der Waals surface area contributed by atoms with Crippen LogP contribution in [0.5, 0.6) is 5.75 Å². The van der Waals surface area contributed by atoms with Gasteiger partial charge in [-0.05, 0) is 78.7 Å². The summed E-state index contributed by atoms with van der Waals surface area (Å²) >= 11 is 14.1. The molecular weight excluding hydrogens is 397 g/mol. The summed E-state index contributed by atoms with van der Waals surface area (Å²) in [4.78, 5) is 3.85. The molecule has 142 valence electrons. The maximum absolute atomic E-state index is 6.30. The number of thiophene rings is 1. The number of rotatable bonds is 5. The molecule has 1 unspecified atom stereocenters. The summed E-state index contributed by atoms with van der Waals surface area (Å²) < 4.78 is 7.33. The lowest BCUT2D eigenvalue weighted by atomic mass is 9.99. The van der Waals surface area contributed by atoms with Gasteiger partial charge in [-0.3, -0.25) is 4.90 Å². The molecule has 1 saturated heterocycles. The van der Waals surface area contributed by atoms with Crippen molar-refractivity contribution in [2.24, 2.45) is 5.92 Å². The predicted molar refractivity (Wildman–Crippen MR) is 116 cm³/mol. The van der Waals surface area contributed by atoms with Crippen molar-refractivity contribution in [1.29, 1.82) is 0 Å². The third-order valence-corrected chi connectivity index (χ3v) is 6.82. The smallest absolute Gasteiger partial charge is 0.123 e. The molecule has 1 aliphatic heterocycles. The Kier molecular flexibility index (Phi) is 5.93. The quantitative estimate of drug-likeness (QED) is 0.440. The van der Waals surface area contributed by atoms with Crippen molar-refractivity contribution in [2.45, 2.75) is 32.9 Å². The highest BCUT2D eigenvalue weighted by Crippen LogP contribution is 2.35. The molecule has 2 heterocycles. The van der Waals surface area contributed by atoms with Crippen LogP contribution in [0.3, 0.4) is 0 Å². The van der Waals surface area contributed by atoms with Gasteiger partial charge in [-0.15, -0.1) is 11.3 Å². The Balaban J connectivity index is 1.61. The van der Waals surface area contributed by atoms with Crippen LogP contribution in [-0.2, 0) is 13.2 Å². The maximum Gasteiger partial charge on any atom is 0.123 e. The number of nitrogens with zero attached hydrogens (tertiary/aromatic N) is 1. The summed E-state index contributed by atoms with van der Waals surface area (Å²) in [7, 11) is 0. The molecule has 0 amide bonds. The van der Waals surface area contributed by atoms with Gasteiger partial charge >= 0.3 is 0 Å². The molecule has 1 aromatic heterocycles. The van der Waals surface area contributed by atoms with Crippen LogP contribution < -0.4 is 4.74 Å². The van der Waals surface area contributed by atoms with Crippen molar-refractivity contribution in [1.82, 2.24) is 4.90 Å². The number of benzene rings is 2. The van der Waals surface area contributed by atoms with E-state index < -0.39 is 0 Å². The minimum absolute atomic E-state index is 0.567. The summed E-state index contributed by atoms with van der Waals surface area (Å²) in [6, 6.07) is 13.7. The molecule has 0 N–H and O–H groups in total. The number of fused-ring (bicyclic) bond motifs is 1. The van der Waals surface area contributed by atoms with E-state index in [-0.39, 0.29) is 0 Å². The minimum atomic E-state index is 0.567. The van der Waals surface area contributed by atoms with Gasteiger partial charge in [0.05, 0.1) is 0 Å². The molecule has 3 aromatic rings. The van der Waals surface area contributed by atoms with Crippen molar-refractivity contribution in [3.63, 3.8) is 0 Å². The van der Waals surface area contributed by atoms with Crippen LogP contribution in [0.15, 0.2) is 42.5 Å². The Hall–Kier alpha value is -1.26. The van der Waals surface area contributed by atoms with Crippen LogP contribution >= 0.6 is 34.5 Å². The van der Waals surface area contributed by atoms with Crippen molar-refractivity contribution in [2.75, 3.05) is 13.1 Å². The molecule has 27 heavy (non-hydrogen) atoms. The van der Waals surface area contributed by atoms with Gasteiger partial charge in [0.15, 0.2) is 0 Å². The number of piperidine rings is 1. The van der Waals surface area contributed by atoms with Crippen LogP contribution in [0, 0.1) is 5.92 Å². The zero-order valence-corrected chi connectivity index (χ0v) is 17.7. The van der Waals surface area contributed by atoms with Crippen LogP contribution in [0.4, 0.5) is 0 Å². The van der Waals surface area contributed by atoms with Gasteiger partial charge in [-0.1, -0.05) is 30.1 Å². The van der Waals surface area contributed by atoms with E-state index in [0.29, 0.717) is 6.61 Å². The molecule has 0 saturated carbocycles. The second kappa shape index (κ2) is 8.40. The number of ether oxygens (including phenoxy) is 1. The van der Waals surface area contributed by atoms with E-state index in [2.05, 4.69) is 24.0 Å². The number of likely N-dealkylation sites (tertiary alicyclic amines) is 1. The first-order valence-corrected chi connectivity index (χ1v) is 11.0. The topological polar surface area (TPSA) is 12.5 Å². The highest BCUT2D eigenvalue weighted by molar-refractivity contribution is 7.19. The fourth-order valence-electron chi connectivity index (χ4n) is 3.80. The van der Waals surface area contributed by atoms with Gasteiger partial charge in [0.25, 0.3) is 0 Å². The highest BCUT2D eigenvalue weighted by atomic mass is 35.5. The second-order valence-corrected chi connectivity index (χ2v) is 9.38. The molecule has 4 rings (SSSR count). The fraction of sp³-hybridized carbons (Fsp3) is 0.364. The van der Waals surface area contributed by atoms with E-state index in [1.807, 2.05) is 41.7 Å². The molecule has 5 heteroatoms. The number of hydrogen-bond acceptors (Lipinski definition) is 3. The first-order chi connectivity index (χ1) is 13.1. The zero-order valence-electron chi connectivity index (χ0n) is 15.4. The summed E-state index contributed by atoms with van der Waals surface area (Å²) in [5.41, 5.74) is 1.36. The van der Waals surface area contributed by atoms with Gasteiger partial charge < -0.3 is 4.74 Å². The lowest BCUT2D eigenvalue weighted by molar-refractivity contribution is 0.176. The molecule has 1 atom stereocenters. The third-order valence-electron chi connectivity index (χ3n) is 5.14. The van der Waals surface area contributed by atoms with E-state index in [1.54, 1.807) is 0 Å². The highest BCUT2D eigenvalue weighted by Gasteiger charge is 2.20. The summed E-state index contributed by atoms with van der Waals surface area (Å²) in [6.45, 7) is 6.20. The van der Waals surface area contributed by atoms with Gasteiger partial charge in [-0.2, -0.15) is 0 Å². The van der Waals surface area contributed by atoms with E-state index in [4.69, 9.17) is 27.9 Å². The molecule has 0 radical (unpaired) electrons. The van der Waals surface area contributed by atoms with Gasteiger partial charge in [0, 0.05) is 32.7 Å². The van der Waals surface area contributed by atoms with E-state index in [0.717, 1.165) is 34.8 Å². The first kappa shape index (κ1) is 19.1. The monoisotopic (exact) mass is 419 g/mol. The Bertz CT molecular complexity index is 922. The Morgan fingerprint density at radius 3 is 2.67 bits per heavy atom. The van der Waals surface area contributed by atoms with Crippen molar-refractivity contribution in [3.05, 3.63) is 63.0 Å². The van der Waals surface area contributed by atoms with Gasteiger partial charge in [0.1, 0.15) is 12.4 Å². The average molecular weight is 420 g/mol. The van der Waals surface area contributed by atoms with Crippen molar-refractivity contribution in [3.8, 4) is 5.75 Å². The van der Waals surface area contributed by atoms with Gasteiger partial charge in [-0.25, -0.2) is 0 Å². The minimum Gasteiger partial charge on any atom is -0.488 e. The molecule has 0 aliphatic carbocycles. The van der Waals surface area contributed by atoms with Crippen LogP contribution in [0.25, 0.3) is 10.1 Å². The summed E-state index contributed by atoms with van der Waals surface area (Å²) in [5.74, 6) is 1.61. The molecule has 2 nitrogen and oxygen atoms in total. The SMILES string of the molecule is CC1CCCN(Cc2c(COc3ccc(Cl)cc3)sc3ccc(Cl)cc23)C1. The molecule has 1 aliphatic rings. The third kappa shape index (κ3) is 4.60. The van der Waals surface area contributed by atoms with Crippen LogP contribution in [-0.4, -0.2) is 18.0 Å². The largest absolute Gasteiger partial charge is 0.488 e. The Morgan fingerprint density at radius 2 is 1.89 bits per heavy atom. The summed E-state index contributed by atoms with van der Waals surface area (Å²) in [5, 5.41) is 2.78. The molecule has 2 aromatic carbocycles. The molecule has 0 spiro atoms. The second-order valence-electron chi connectivity index (χ2n) is 7.37. The average Bonchev–Trinajstić information content (AvgIpc) is 2.98.